The van der Waals surface area contributed by atoms with Gasteiger partial charge in [0.15, 0.2) is 0 Å². The lowest BCUT2D eigenvalue weighted by Crippen LogP contribution is -2.18. The minimum absolute atomic E-state index is 0.170. The smallest absolute Gasteiger partial charge is 0.105 e. The lowest BCUT2D eigenvalue weighted by atomic mass is 10.1. The van der Waals surface area contributed by atoms with Crippen LogP contribution in [0.1, 0.15) is 42.2 Å². The van der Waals surface area contributed by atoms with E-state index in [2.05, 4.69) is 28.6 Å². The highest BCUT2D eigenvalue weighted by Crippen LogP contribution is 2.21. The number of aromatic nitrogens is 3. The molecule has 0 bridgehead atoms. The maximum Gasteiger partial charge on any atom is 0.105 e. The molecule has 0 aliphatic carbocycles. The lowest BCUT2D eigenvalue weighted by Gasteiger charge is -2.11. The summed E-state index contributed by atoms with van der Waals surface area (Å²) in [7, 11) is 0. The van der Waals surface area contributed by atoms with Crippen LogP contribution in [0.4, 0.5) is 0 Å². The average Bonchev–Trinajstić information content (AvgIpc) is 3.00. The van der Waals surface area contributed by atoms with Crippen molar-refractivity contribution in [2.75, 3.05) is 6.61 Å². The minimum atomic E-state index is 0.170. The van der Waals surface area contributed by atoms with Gasteiger partial charge in [0.05, 0.1) is 5.69 Å². The molecule has 110 valence electrons. The zero-order valence-electron chi connectivity index (χ0n) is 12.3. The Morgan fingerprint density at radius 1 is 1.45 bits per heavy atom. The van der Waals surface area contributed by atoms with Crippen LogP contribution in [0.15, 0.2) is 16.7 Å². The first-order chi connectivity index (χ1) is 9.60. The fourth-order valence-corrected chi connectivity index (χ4v) is 2.21. The van der Waals surface area contributed by atoms with Crippen molar-refractivity contribution in [3.05, 3.63) is 35.0 Å². The van der Waals surface area contributed by atoms with E-state index < -0.39 is 0 Å². The van der Waals surface area contributed by atoms with Crippen molar-refractivity contribution in [1.29, 1.82) is 0 Å². The Morgan fingerprint density at radius 2 is 2.25 bits per heavy atom. The summed E-state index contributed by atoms with van der Waals surface area (Å²) in [6.45, 7) is 7.56. The Labute approximate surface area is 118 Å². The van der Waals surface area contributed by atoms with Crippen LogP contribution >= 0.6 is 0 Å². The van der Waals surface area contributed by atoms with Gasteiger partial charge < -0.3 is 14.8 Å². The van der Waals surface area contributed by atoms with Gasteiger partial charge in [0.1, 0.15) is 11.5 Å². The van der Waals surface area contributed by atoms with Crippen molar-refractivity contribution in [3.63, 3.8) is 0 Å². The maximum absolute atomic E-state index is 8.78. The molecule has 0 aromatic carbocycles. The van der Waals surface area contributed by atoms with Crippen LogP contribution in [0.3, 0.4) is 0 Å². The van der Waals surface area contributed by atoms with E-state index in [0.717, 1.165) is 17.2 Å². The average molecular weight is 278 g/mol. The SMILES string of the molecule is Cc1cc(C(C)NCc2cn(CCCO)nn2)c(C)o1. The molecular weight excluding hydrogens is 256 g/mol. The van der Waals surface area contributed by atoms with Crippen LogP contribution in [-0.4, -0.2) is 26.7 Å². The lowest BCUT2D eigenvalue weighted by molar-refractivity contribution is 0.276. The Bertz CT molecular complexity index is 547. The van der Waals surface area contributed by atoms with Gasteiger partial charge in [-0.15, -0.1) is 5.10 Å². The molecule has 6 heteroatoms. The van der Waals surface area contributed by atoms with Crippen LogP contribution in [0, 0.1) is 13.8 Å². The Kier molecular flexibility index (Phi) is 4.92. The highest BCUT2D eigenvalue weighted by atomic mass is 16.3. The predicted octanol–water partition coefficient (Wildman–Crippen LogP) is 1.72. The number of rotatable bonds is 7. The molecule has 0 amide bonds. The van der Waals surface area contributed by atoms with Gasteiger partial charge in [0, 0.05) is 37.5 Å². The zero-order chi connectivity index (χ0) is 14.5. The second-order valence-electron chi connectivity index (χ2n) is 5.02. The van der Waals surface area contributed by atoms with Crippen molar-refractivity contribution in [2.45, 2.75) is 46.3 Å². The summed E-state index contributed by atoms with van der Waals surface area (Å²) in [5, 5.41) is 20.3. The molecule has 2 aromatic rings. The van der Waals surface area contributed by atoms with Gasteiger partial charge in [0.2, 0.25) is 0 Å². The molecule has 2 rings (SSSR count). The van der Waals surface area contributed by atoms with E-state index in [1.807, 2.05) is 20.0 Å². The molecule has 20 heavy (non-hydrogen) atoms. The first kappa shape index (κ1) is 14.7. The fourth-order valence-electron chi connectivity index (χ4n) is 2.21. The van der Waals surface area contributed by atoms with Crippen LogP contribution in [-0.2, 0) is 13.1 Å². The second kappa shape index (κ2) is 6.67. The monoisotopic (exact) mass is 278 g/mol. The molecule has 0 fully saturated rings. The summed E-state index contributed by atoms with van der Waals surface area (Å²) in [6.07, 6.45) is 2.60. The first-order valence-corrected chi connectivity index (χ1v) is 6.90. The van der Waals surface area contributed by atoms with E-state index in [9.17, 15) is 0 Å². The molecule has 0 saturated carbocycles. The third kappa shape index (κ3) is 3.68. The second-order valence-corrected chi connectivity index (χ2v) is 5.02. The molecule has 0 aliphatic heterocycles. The van der Waals surface area contributed by atoms with Gasteiger partial charge in [-0.2, -0.15) is 0 Å². The molecule has 2 heterocycles. The standard InChI is InChI=1S/C14H22N4O2/c1-10-7-14(12(3)20-10)11(2)15-8-13-9-18(17-16-13)5-4-6-19/h7,9,11,15,19H,4-6,8H2,1-3H3. The number of nitrogens with zero attached hydrogens (tertiary/aromatic N) is 3. The van der Waals surface area contributed by atoms with Gasteiger partial charge in [-0.1, -0.05) is 5.21 Å². The number of aryl methyl sites for hydroxylation is 3. The molecule has 2 aromatic heterocycles. The van der Waals surface area contributed by atoms with Crippen LogP contribution in [0.25, 0.3) is 0 Å². The predicted molar refractivity (Wildman–Crippen MR) is 75.2 cm³/mol. The molecule has 1 atom stereocenters. The van der Waals surface area contributed by atoms with E-state index in [1.54, 1.807) is 4.68 Å². The largest absolute Gasteiger partial charge is 0.466 e. The zero-order valence-corrected chi connectivity index (χ0v) is 12.3. The van der Waals surface area contributed by atoms with E-state index in [-0.39, 0.29) is 12.6 Å². The summed E-state index contributed by atoms with van der Waals surface area (Å²) < 4.78 is 7.30. The number of furan rings is 1. The van der Waals surface area contributed by atoms with E-state index in [1.165, 1.54) is 5.56 Å². The summed E-state index contributed by atoms with van der Waals surface area (Å²) in [5.41, 5.74) is 2.07. The third-order valence-electron chi connectivity index (χ3n) is 3.27. The van der Waals surface area contributed by atoms with Crippen molar-refractivity contribution in [3.8, 4) is 0 Å². The molecular formula is C14H22N4O2. The Morgan fingerprint density at radius 3 is 2.90 bits per heavy atom. The molecule has 1 unspecified atom stereocenters. The first-order valence-electron chi connectivity index (χ1n) is 6.90. The van der Waals surface area contributed by atoms with Gasteiger partial charge in [-0.25, -0.2) is 0 Å². The molecule has 6 nitrogen and oxygen atoms in total. The molecule has 0 saturated heterocycles. The Hall–Kier alpha value is -1.66. The van der Waals surface area contributed by atoms with Crippen LogP contribution in [0.2, 0.25) is 0 Å². The number of nitrogens with one attached hydrogen (secondary N) is 1. The maximum atomic E-state index is 8.78. The topological polar surface area (TPSA) is 76.1 Å². The van der Waals surface area contributed by atoms with Crippen LogP contribution < -0.4 is 5.32 Å². The van der Waals surface area contributed by atoms with Crippen molar-refractivity contribution >= 4 is 0 Å². The molecule has 0 radical (unpaired) electrons. The van der Waals surface area contributed by atoms with Crippen molar-refractivity contribution in [2.24, 2.45) is 0 Å². The van der Waals surface area contributed by atoms with Gasteiger partial charge in [-0.3, -0.25) is 4.68 Å². The molecule has 0 spiro atoms. The van der Waals surface area contributed by atoms with Gasteiger partial charge in [0.25, 0.3) is 0 Å². The van der Waals surface area contributed by atoms with Crippen molar-refractivity contribution in [1.82, 2.24) is 20.3 Å². The summed E-state index contributed by atoms with van der Waals surface area (Å²) in [4.78, 5) is 0. The summed E-state index contributed by atoms with van der Waals surface area (Å²) in [6, 6.07) is 2.26. The highest BCUT2D eigenvalue weighted by Gasteiger charge is 2.12. The summed E-state index contributed by atoms with van der Waals surface area (Å²) in [5.74, 6) is 1.88. The molecule has 0 aliphatic rings. The molecule has 2 N–H and O–H groups in total. The quantitative estimate of drug-likeness (QED) is 0.806. The van der Waals surface area contributed by atoms with Crippen molar-refractivity contribution < 1.29 is 9.52 Å². The third-order valence-corrected chi connectivity index (χ3v) is 3.27. The number of aliphatic hydroxyl groups is 1. The normalized spacial score (nSPS) is 12.8. The fraction of sp³-hybridized carbons (Fsp3) is 0.571. The Balaban J connectivity index is 1.88. The minimum Gasteiger partial charge on any atom is -0.466 e. The number of hydrogen-bond donors (Lipinski definition) is 2. The van der Waals surface area contributed by atoms with E-state index >= 15 is 0 Å². The summed E-state index contributed by atoms with van der Waals surface area (Å²) >= 11 is 0. The number of hydrogen-bond acceptors (Lipinski definition) is 5. The van der Waals surface area contributed by atoms with E-state index in [4.69, 9.17) is 9.52 Å². The van der Waals surface area contributed by atoms with Gasteiger partial charge >= 0.3 is 0 Å². The number of aliphatic hydroxyl groups excluding tert-OH is 1. The van der Waals surface area contributed by atoms with Gasteiger partial charge in [-0.05, 0) is 33.3 Å². The van der Waals surface area contributed by atoms with E-state index in [0.29, 0.717) is 19.5 Å². The highest BCUT2D eigenvalue weighted by molar-refractivity contribution is 5.23. The van der Waals surface area contributed by atoms with Crippen LogP contribution in [0.5, 0.6) is 0 Å².